The standard InChI is InChI=1S/C33H36N4O5/c1-6-21-11-13-23(14-12-21)29(30(39)35-25-16-15-22-9-7-8-10-24(22)18-25)37(27-17-20(27)2)31(40)26(19-28(34)38)36-32(41)42-33(3,4)5/h1,7-16,18,20,26-27,29H,17,19H2,2-5H3,(H2,34,38)(H,35,39)(H,36,41). The number of anilines is 1. The van der Waals surface area contributed by atoms with E-state index in [1.165, 1.54) is 4.90 Å². The van der Waals surface area contributed by atoms with Gasteiger partial charge in [0.25, 0.3) is 5.91 Å². The molecule has 4 atom stereocenters. The first kappa shape index (κ1) is 30.1. The predicted molar refractivity (Wildman–Crippen MR) is 161 cm³/mol. The van der Waals surface area contributed by atoms with Crippen LogP contribution in [0.5, 0.6) is 0 Å². The fourth-order valence-electron chi connectivity index (χ4n) is 4.88. The van der Waals surface area contributed by atoms with Crippen LogP contribution in [0.25, 0.3) is 10.8 Å². The maximum Gasteiger partial charge on any atom is 0.408 e. The summed E-state index contributed by atoms with van der Waals surface area (Å²) in [5.74, 6) is 0.786. The van der Waals surface area contributed by atoms with Crippen LogP contribution in [0.4, 0.5) is 10.5 Å². The van der Waals surface area contributed by atoms with Crippen molar-refractivity contribution in [3.8, 4) is 12.3 Å². The van der Waals surface area contributed by atoms with Gasteiger partial charge in [0.1, 0.15) is 17.7 Å². The molecule has 1 aliphatic rings. The second kappa shape index (κ2) is 12.4. The summed E-state index contributed by atoms with van der Waals surface area (Å²) in [4.78, 5) is 54.4. The van der Waals surface area contributed by atoms with Gasteiger partial charge in [0.2, 0.25) is 11.8 Å². The highest BCUT2D eigenvalue weighted by Crippen LogP contribution is 2.41. The third kappa shape index (κ3) is 7.46. The minimum Gasteiger partial charge on any atom is -0.444 e. The number of ether oxygens (including phenoxy) is 1. The number of primary amides is 1. The lowest BCUT2D eigenvalue weighted by molar-refractivity contribution is -0.142. The lowest BCUT2D eigenvalue weighted by atomic mass is 10.00. The molecule has 0 aliphatic heterocycles. The van der Waals surface area contributed by atoms with Gasteiger partial charge in [0.15, 0.2) is 0 Å². The number of benzene rings is 3. The van der Waals surface area contributed by atoms with Gasteiger partial charge in [-0.25, -0.2) is 4.79 Å². The van der Waals surface area contributed by atoms with Crippen LogP contribution in [-0.4, -0.2) is 46.4 Å². The summed E-state index contributed by atoms with van der Waals surface area (Å²) in [5, 5.41) is 7.43. The third-order valence-electron chi connectivity index (χ3n) is 7.01. The molecule has 3 aromatic rings. The average molecular weight is 569 g/mol. The van der Waals surface area contributed by atoms with Crippen LogP contribution >= 0.6 is 0 Å². The molecule has 0 heterocycles. The molecule has 9 heteroatoms. The predicted octanol–water partition coefficient (Wildman–Crippen LogP) is 4.51. The molecule has 3 aromatic carbocycles. The Hall–Kier alpha value is -4.84. The van der Waals surface area contributed by atoms with Crippen LogP contribution in [-0.2, 0) is 19.1 Å². The van der Waals surface area contributed by atoms with Gasteiger partial charge in [0.05, 0.1) is 6.42 Å². The fraction of sp³-hybridized carbons (Fsp3) is 0.333. The van der Waals surface area contributed by atoms with E-state index >= 15 is 0 Å². The molecular formula is C33H36N4O5. The minimum absolute atomic E-state index is 0.0886. The molecule has 1 fully saturated rings. The van der Waals surface area contributed by atoms with Crippen LogP contribution in [0.3, 0.4) is 0 Å². The van der Waals surface area contributed by atoms with Gasteiger partial charge in [0, 0.05) is 17.3 Å². The molecule has 4 unspecified atom stereocenters. The quantitative estimate of drug-likeness (QED) is 0.327. The van der Waals surface area contributed by atoms with Crippen molar-refractivity contribution in [2.45, 2.75) is 64.3 Å². The first-order valence-corrected chi connectivity index (χ1v) is 13.8. The molecule has 0 aromatic heterocycles. The van der Waals surface area contributed by atoms with Crippen LogP contribution in [0, 0.1) is 18.3 Å². The summed E-state index contributed by atoms with van der Waals surface area (Å²) in [7, 11) is 0. The van der Waals surface area contributed by atoms with Gasteiger partial charge in [-0.1, -0.05) is 55.3 Å². The summed E-state index contributed by atoms with van der Waals surface area (Å²) in [6.07, 6.45) is 4.86. The molecule has 0 spiro atoms. The Labute approximate surface area is 245 Å². The summed E-state index contributed by atoms with van der Waals surface area (Å²) in [6.45, 7) is 7.02. The van der Waals surface area contributed by atoms with Crippen LogP contribution in [0.2, 0.25) is 0 Å². The maximum absolute atomic E-state index is 14.2. The van der Waals surface area contributed by atoms with E-state index in [0.29, 0.717) is 23.2 Å². The number of nitrogens with zero attached hydrogens (tertiary/aromatic N) is 1. The number of nitrogens with one attached hydrogen (secondary N) is 2. The van der Waals surface area contributed by atoms with E-state index in [0.717, 1.165) is 10.8 Å². The van der Waals surface area contributed by atoms with Crippen molar-refractivity contribution in [1.29, 1.82) is 0 Å². The van der Waals surface area contributed by atoms with E-state index in [-0.39, 0.29) is 12.0 Å². The monoisotopic (exact) mass is 568 g/mol. The normalized spacial score (nSPS) is 17.3. The summed E-state index contributed by atoms with van der Waals surface area (Å²) >= 11 is 0. The summed E-state index contributed by atoms with van der Waals surface area (Å²) in [5.41, 5.74) is 6.34. The Balaban J connectivity index is 1.73. The van der Waals surface area contributed by atoms with E-state index in [9.17, 15) is 19.2 Å². The molecule has 1 aliphatic carbocycles. The van der Waals surface area contributed by atoms with Crippen molar-refractivity contribution >= 4 is 40.3 Å². The van der Waals surface area contributed by atoms with E-state index < -0.39 is 47.9 Å². The lowest BCUT2D eigenvalue weighted by Crippen LogP contribution is -2.54. The molecule has 0 bridgehead atoms. The largest absolute Gasteiger partial charge is 0.444 e. The number of hydrogen-bond acceptors (Lipinski definition) is 5. The molecule has 4 rings (SSSR count). The van der Waals surface area contributed by atoms with Gasteiger partial charge in [-0.15, -0.1) is 6.42 Å². The molecule has 1 saturated carbocycles. The number of rotatable bonds is 9. The summed E-state index contributed by atoms with van der Waals surface area (Å²) < 4.78 is 5.34. The molecule has 0 radical (unpaired) electrons. The second-order valence-electron chi connectivity index (χ2n) is 11.6. The maximum atomic E-state index is 14.2. The van der Waals surface area contributed by atoms with Crippen molar-refractivity contribution in [2.75, 3.05) is 5.32 Å². The number of alkyl carbamates (subject to hydrolysis) is 1. The topological polar surface area (TPSA) is 131 Å². The minimum atomic E-state index is -1.34. The highest BCUT2D eigenvalue weighted by molar-refractivity contribution is 6.01. The molecule has 218 valence electrons. The van der Waals surface area contributed by atoms with Gasteiger partial charge >= 0.3 is 6.09 Å². The first-order chi connectivity index (χ1) is 19.9. The SMILES string of the molecule is C#Cc1ccc(C(C(=O)Nc2ccc3ccccc3c2)N(C(=O)C(CC(N)=O)NC(=O)OC(C)(C)C)C2CC2C)cc1. The first-order valence-electron chi connectivity index (χ1n) is 13.8. The highest BCUT2D eigenvalue weighted by Gasteiger charge is 2.48. The van der Waals surface area contributed by atoms with Crippen LogP contribution in [0.15, 0.2) is 66.7 Å². The lowest BCUT2D eigenvalue weighted by Gasteiger charge is -2.35. The zero-order chi connectivity index (χ0) is 30.6. The number of terminal acetylenes is 1. The smallest absolute Gasteiger partial charge is 0.408 e. The average Bonchev–Trinajstić information content (AvgIpc) is 3.65. The van der Waals surface area contributed by atoms with Crippen LogP contribution < -0.4 is 16.4 Å². The number of amides is 4. The van der Waals surface area contributed by atoms with Gasteiger partial charge in [-0.05, 0) is 73.7 Å². The van der Waals surface area contributed by atoms with Crippen molar-refractivity contribution in [3.63, 3.8) is 0 Å². The van der Waals surface area contributed by atoms with E-state index in [1.54, 1.807) is 51.1 Å². The zero-order valence-electron chi connectivity index (χ0n) is 24.2. The van der Waals surface area contributed by atoms with Crippen molar-refractivity contribution in [3.05, 3.63) is 77.9 Å². The molecule has 4 amide bonds. The Morgan fingerprint density at radius 2 is 1.69 bits per heavy atom. The Morgan fingerprint density at radius 3 is 2.26 bits per heavy atom. The summed E-state index contributed by atoms with van der Waals surface area (Å²) in [6, 6.07) is 17.4. The number of carbonyl (C=O) groups excluding carboxylic acids is 4. The molecule has 4 N–H and O–H groups in total. The number of hydrogen-bond donors (Lipinski definition) is 3. The van der Waals surface area contributed by atoms with Crippen LogP contribution in [0.1, 0.15) is 57.7 Å². The molecular weight excluding hydrogens is 532 g/mol. The molecule has 9 nitrogen and oxygen atoms in total. The third-order valence-corrected chi connectivity index (χ3v) is 7.01. The number of carbonyl (C=O) groups is 4. The second-order valence-corrected chi connectivity index (χ2v) is 11.6. The fourth-order valence-corrected chi connectivity index (χ4v) is 4.88. The van der Waals surface area contributed by atoms with E-state index in [4.69, 9.17) is 16.9 Å². The Morgan fingerprint density at radius 1 is 1.05 bits per heavy atom. The molecule has 42 heavy (non-hydrogen) atoms. The van der Waals surface area contributed by atoms with E-state index in [1.807, 2.05) is 43.3 Å². The molecule has 0 saturated heterocycles. The van der Waals surface area contributed by atoms with E-state index in [2.05, 4.69) is 16.6 Å². The zero-order valence-corrected chi connectivity index (χ0v) is 24.2. The van der Waals surface area contributed by atoms with Crippen molar-refractivity contribution < 1.29 is 23.9 Å². The number of fused-ring (bicyclic) bond motifs is 1. The van der Waals surface area contributed by atoms with Crippen molar-refractivity contribution in [2.24, 2.45) is 11.7 Å². The van der Waals surface area contributed by atoms with Crippen molar-refractivity contribution in [1.82, 2.24) is 10.2 Å². The highest BCUT2D eigenvalue weighted by atomic mass is 16.6. The number of nitrogens with two attached hydrogens (primary N) is 1. The van der Waals surface area contributed by atoms with Gasteiger partial charge in [-0.3, -0.25) is 14.4 Å². The Bertz CT molecular complexity index is 1540. The van der Waals surface area contributed by atoms with Gasteiger partial charge < -0.3 is 26.0 Å². The Kier molecular flexibility index (Phi) is 8.86. The van der Waals surface area contributed by atoms with Gasteiger partial charge in [-0.2, -0.15) is 0 Å².